The first-order chi connectivity index (χ1) is 14.2. The number of fused-ring (bicyclic) bond motifs is 2. The number of hydrogen-bond acceptors (Lipinski definition) is 4. The van der Waals surface area contributed by atoms with Gasteiger partial charge in [-0.1, -0.05) is 13.0 Å². The van der Waals surface area contributed by atoms with Crippen molar-refractivity contribution in [3.8, 4) is 0 Å². The molecule has 0 unspecified atom stereocenters. The summed E-state index contributed by atoms with van der Waals surface area (Å²) in [5.41, 5.74) is 6.89. The van der Waals surface area contributed by atoms with E-state index in [1.54, 1.807) is 11.9 Å². The number of amides is 2. The Kier molecular flexibility index (Phi) is 5.76. The fourth-order valence-electron chi connectivity index (χ4n) is 5.63. The predicted molar refractivity (Wildman–Crippen MR) is 121 cm³/mol. The second-order valence-electron chi connectivity index (χ2n) is 9.15. The van der Waals surface area contributed by atoms with Crippen molar-refractivity contribution in [3.05, 3.63) is 28.3 Å². The number of nitrogens with one attached hydrogen (secondary N) is 2. The van der Waals surface area contributed by atoms with Crippen molar-refractivity contribution in [1.29, 1.82) is 0 Å². The summed E-state index contributed by atoms with van der Waals surface area (Å²) in [5.74, 6) is 0. The Balaban J connectivity index is 1.12. The zero-order chi connectivity index (χ0) is 19.8. The van der Waals surface area contributed by atoms with E-state index in [0.717, 1.165) is 24.6 Å². The molecular formula is C23H34N4OS. The van der Waals surface area contributed by atoms with Crippen molar-refractivity contribution in [3.63, 3.8) is 0 Å². The van der Waals surface area contributed by atoms with Crippen molar-refractivity contribution in [2.75, 3.05) is 38.0 Å². The van der Waals surface area contributed by atoms with E-state index in [-0.39, 0.29) is 6.03 Å². The lowest BCUT2D eigenvalue weighted by Gasteiger charge is -2.47. The molecule has 0 bridgehead atoms. The predicted octanol–water partition coefficient (Wildman–Crippen LogP) is 3.60. The summed E-state index contributed by atoms with van der Waals surface area (Å²) >= 11 is 1.64. The molecule has 158 valence electrons. The van der Waals surface area contributed by atoms with Crippen molar-refractivity contribution < 1.29 is 4.79 Å². The van der Waals surface area contributed by atoms with Gasteiger partial charge in [-0.2, -0.15) is 0 Å². The third kappa shape index (κ3) is 4.04. The molecule has 2 N–H and O–H groups in total. The molecule has 2 amide bonds. The van der Waals surface area contributed by atoms with Crippen LogP contribution < -0.4 is 10.0 Å². The van der Waals surface area contributed by atoms with Crippen LogP contribution in [0.2, 0.25) is 0 Å². The molecule has 1 aromatic carbocycles. The summed E-state index contributed by atoms with van der Waals surface area (Å²) in [7, 11) is 0. The van der Waals surface area contributed by atoms with E-state index >= 15 is 0 Å². The standard InChI is InChI=1S/C23H34N4OS/c1-2-26-14-18(15-26)27-11-9-19(10-12-27)29-25-23(28)24-22-20-7-3-5-16(20)13-17-6-4-8-21(17)22/h13,18-19H,2-12,14-15H2,1H3,(H2,24,25,28). The van der Waals surface area contributed by atoms with Crippen LogP contribution in [0.5, 0.6) is 0 Å². The molecule has 2 fully saturated rings. The number of benzene rings is 1. The summed E-state index contributed by atoms with van der Waals surface area (Å²) in [5, 5.41) is 3.79. The molecule has 5 nitrogen and oxygen atoms in total. The molecule has 0 spiro atoms. The number of hydrogen-bond donors (Lipinski definition) is 2. The number of likely N-dealkylation sites (tertiary alicyclic amines) is 2. The Bertz CT molecular complexity index is 736. The number of carbonyl (C=O) groups is 1. The van der Waals surface area contributed by atoms with Gasteiger partial charge in [-0.05, 0) is 105 Å². The maximum atomic E-state index is 12.7. The lowest BCUT2D eigenvalue weighted by atomic mass is 9.99. The highest BCUT2D eigenvalue weighted by molar-refractivity contribution is 7.98. The second kappa shape index (κ2) is 8.48. The van der Waals surface area contributed by atoms with Crippen LogP contribution in [0.15, 0.2) is 6.07 Å². The fourth-order valence-corrected chi connectivity index (χ4v) is 6.40. The molecule has 29 heavy (non-hydrogen) atoms. The monoisotopic (exact) mass is 414 g/mol. The number of rotatable bonds is 5. The third-order valence-electron chi connectivity index (χ3n) is 7.41. The van der Waals surface area contributed by atoms with E-state index < -0.39 is 0 Å². The number of urea groups is 1. The van der Waals surface area contributed by atoms with Crippen LogP contribution in [0.4, 0.5) is 10.5 Å². The first-order valence-corrected chi connectivity index (χ1v) is 12.4. The third-order valence-corrected chi connectivity index (χ3v) is 8.52. The normalized spacial score (nSPS) is 22.9. The summed E-state index contributed by atoms with van der Waals surface area (Å²) in [6.45, 7) is 8.23. The Morgan fingerprint density at radius 1 is 1.07 bits per heavy atom. The second-order valence-corrected chi connectivity index (χ2v) is 10.3. The molecule has 6 heteroatoms. The highest BCUT2D eigenvalue weighted by Crippen LogP contribution is 2.38. The lowest BCUT2D eigenvalue weighted by Crippen LogP contribution is -2.60. The molecule has 2 heterocycles. The van der Waals surface area contributed by atoms with Gasteiger partial charge in [0, 0.05) is 30.1 Å². The van der Waals surface area contributed by atoms with Crippen LogP contribution in [0.1, 0.15) is 54.9 Å². The maximum Gasteiger partial charge on any atom is 0.329 e. The summed E-state index contributed by atoms with van der Waals surface area (Å²) in [6.07, 6.45) is 9.35. The van der Waals surface area contributed by atoms with Gasteiger partial charge in [0.15, 0.2) is 0 Å². The van der Waals surface area contributed by atoms with Crippen molar-refractivity contribution >= 4 is 23.7 Å². The van der Waals surface area contributed by atoms with Gasteiger partial charge in [0.25, 0.3) is 0 Å². The van der Waals surface area contributed by atoms with E-state index in [9.17, 15) is 4.79 Å². The van der Waals surface area contributed by atoms with Crippen LogP contribution >= 0.6 is 11.9 Å². The average Bonchev–Trinajstić information content (AvgIpc) is 3.35. The Morgan fingerprint density at radius 2 is 1.72 bits per heavy atom. The first-order valence-electron chi connectivity index (χ1n) is 11.6. The number of piperidine rings is 1. The lowest BCUT2D eigenvalue weighted by molar-refractivity contribution is 0.0279. The van der Waals surface area contributed by atoms with Crippen LogP contribution in [-0.4, -0.2) is 59.8 Å². The minimum absolute atomic E-state index is 0.0376. The van der Waals surface area contributed by atoms with E-state index in [0.29, 0.717) is 5.25 Å². The molecule has 0 atom stereocenters. The molecular weight excluding hydrogens is 380 g/mol. The average molecular weight is 415 g/mol. The largest absolute Gasteiger partial charge is 0.329 e. The fraction of sp³-hybridized carbons (Fsp3) is 0.696. The van der Waals surface area contributed by atoms with Crippen LogP contribution in [0, 0.1) is 0 Å². The zero-order valence-corrected chi connectivity index (χ0v) is 18.5. The van der Waals surface area contributed by atoms with Gasteiger partial charge in [0.2, 0.25) is 0 Å². The molecule has 2 aliphatic heterocycles. The first kappa shape index (κ1) is 19.7. The Morgan fingerprint density at radius 3 is 2.34 bits per heavy atom. The van der Waals surface area contributed by atoms with E-state index in [1.165, 1.54) is 93.5 Å². The van der Waals surface area contributed by atoms with Crippen molar-refractivity contribution in [2.24, 2.45) is 0 Å². The van der Waals surface area contributed by atoms with Crippen molar-refractivity contribution in [1.82, 2.24) is 14.5 Å². The molecule has 0 saturated carbocycles. The van der Waals surface area contributed by atoms with E-state index in [2.05, 4.69) is 32.8 Å². The number of aryl methyl sites for hydroxylation is 2. The van der Waals surface area contributed by atoms with Gasteiger partial charge >= 0.3 is 6.03 Å². The van der Waals surface area contributed by atoms with Gasteiger partial charge in [-0.15, -0.1) is 0 Å². The van der Waals surface area contributed by atoms with E-state index in [4.69, 9.17) is 0 Å². The van der Waals surface area contributed by atoms with Crippen LogP contribution in [0.3, 0.4) is 0 Å². The molecule has 1 aromatic rings. The van der Waals surface area contributed by atoms with Crippen LogP contribution in [0.25, 0.3) is 0 Å². The summed E-state index contributed by atoms with van der Waals surface area (Å²) in [4.78, 5) is 17.9. The highest BCUT2D eigenvalue weighted by Gasteiger charge is 2.33. The molecule has 4 aliphatic rings. The SMILES string of the molecule is CCN1CC(N2CCC(SNC(=O)Nc3c4c(cc5c3CCC5)CCC4)CC2)C1. The Hall–Kier alpha value is -1.24. The highest BCUT2D eigenvalue weighted by atomic mass is 32.2. The van der Waals surface area contributed by atoms with Crippen LogP contribution in [-0.2, 0) is 25.7 Å². The maximum absolute atomic E-state index is 12.7. The van der Waals surface area contributed by atoms with Gasteiger partial charge in [0.1, 0.15) is 0 Å². The molecule has 2 aliphatic carbocycles. The quantitative estimate of drug-likeness (QED) is 0.723. The summed E-state index contributed by atoms with van der Waals surface area (Å²) in [6, 6.07) is 3.14. The van der Waals surface area contributed by atoms with Crippen molar-refractivity contribution in [2.45, 2.75) is 69.6 Å². The minimum atomic E-state index is -0.0376. The minimum Gasteiger partial charge on any atom is -0.307 e. The Labute approximate surface area is 179 Å². The molecule has 0 radical (unpaired) electrons. The molecule has 0 aromatic heterocycles. The molecule has 5 rings (SSSR count). The molecule has 2 saturated heterocycles. The number of anilines is 1. The summed E-state index contributed by atoms with van der Waals surface area (Å²) < 4.78 is 3.11. The topological polar surface area (TPSA) is 47.6 Å². The van der Waals surface area contributed by atoms with Gasteiger partial charge in [-0.3, -0.25) is 9.62 Å². The van der Waals surface area contributed by atoms with Gasteiger partial charge in [-0.25, -0.2) is 4.79 Å². The van der Waals surface area contributed by atoms with Gasteiger partial charge < -0.3 is 10.2 Å². The number of carbonyl (C=O) groups excluding carboxylic acids is 1. The zero-order valence-electron chi connectivity index (χ0n) is 17.6. The smallest absolute Gasteiger partial charge is 0.307 e. The van der Waals surface area contributed by atoms with Gasteiger partial charge in [0.05, 0.1) is 0 Å². The van der Waals surface area contributed by atoms with E-state index in [1.807, 2.05) is 0 Å². The number of nitrogens with zero attached hydrogens (tertiary/aromatic N) is 2. The number of likely N-dealkylation sites (N-methyl/N-ethyl adjacent to an activating group) is 1.